The highest BCUT2D eigenvalue weighted by Gasteiger charge is 2.37. The number of rotatable bonds is 2. The zero-order chi connectivity index (χ0) is 13.3. The zero-order valence-corrected chi connectivity index (χ0v) is 10.8. The van der Waals surface area contributed by atoms with Gasteiger partial charge in [-0.05, 0) is 6.07 Å². The molecule has 18 heavy (non-hydrogen) atoms. The molecule has 98 valence electrons. The molecule has 1 aliphatic heterocycles. The standard InChI is InChI=1S/C10H11ClN2O4S/c11-7-4-18(16,17)5-8(7)13-10(15)6-1-2-9(14)12-3-6/h1-3,7-8H,4-5H2,(H,12,14)(H,13,15). The first kappa shape index (κ1) is 13.1. The third-order valence-corrected chi connectivity index (χ3v) is 5.02. The molecule has 0 bridgehead atoms. The van der Waals surface area contributed by atoms with E-state index in [9.17, 15) is 18.0 Å². The van der Waals surface area contributed by atoms with Crippen molar-refractivity contribution in [1.29, 1.82) is 0 Å². The van der Waals surface area contributed by atoms with Crippen LogP contribution in [0.15, 0.2) is 23.1 Å². The second-order valence-electron chi connectivity index (χ2n) is 4.11. The minimum atomic E-state index is -3.18. The Kier molecular flexibility index (Phi) is 3.45. The lowest BCUT2D eigenvalue weighted by molar-refractivity contribution is 0.0941. The molecule has 1 aliphatic rings. The molecule has 0 saturated carbocycles. The third-order valence-electron chi connectivity index (χ3n) is 2.65. The Hall–Kier alpha value is -1.34. The van der Waals surface area contributed by atoms with Gasteiger partial charge in [0.15, 0.2) is 9.84 Å². The molecule has 0 spiro atoms. The molecule has 2 heterocycles. The Labute approximate surface area is 108 Å². The van der Waals surface area contributed by atoms with Crippen molar-refractivity contribution in [2.24, 2.45) is 0 Å². The summed E-state index contributed by atoms with van der Waals surface area (Å²) in [7, 11) is -3.18. The van der Waals surface area contributed by atoms with Crippen LogP contribution in [-0.2, 0) is 9.84 Å². The smallest absolute Gasteiger partial charge is 0.253 e. The molecule has 1 fully saturated rings. The van der Waals surface area contributed by atoms with Crippen molar-refractivity contribution >= 4 is 27.3 Å². The van der Waals surface area contributed by atoms with Gasteiger partial charge in [0.05, 0.1) is 28.5 Å². The highest BCUT2D eigenvalue weighted by atomic mass is 35.5. The first-order valence-corrected chi connectivity index (χ1v) is 7.47. The fourth-order valence-electron chi connectivity index (χ4n) is 1.74. The average molecular weight is 291 g/mol. The number of halogens is 1. The number of aromatic amines is 1. The van der Waals surface area contributed by atoms with Crippen molar-refractivity contribution in [3.05, 3.63) is 34.2 Å². The Balaban J connectivity index is 2.09. The van der Waals surface area contributed by atoms with E-state index in [0.717, 1.165) is 0 Å². The molecular formula is C10H11ClN2O4S. The summed E-state index contributed by atoms with van der Waals surface area (Å²) in [6.45, 7) is 0. The predicted octanol–water partition coefficient (Wildman–Crippen LogP) is -0.491. The van der Waals surface area contributed by atoms with Gasteiger partial charge in [0.25, 0.3) is 5.91 Å². The molecule has 6 nitrogen and oxygen atoms in total. The van der Waals surface area contributed by atoms with Crippen molar-refractivity contribution in [3.63, 3.8) is 0 Å². The Bertz CT molecular complexity index is 605. The molecule has 0 radical (unpaired) electrons. The number of hydrogen-bond acceptors (Lipinski definition) is 4. The van der Waals surface area contributed by atoms with Crippen LogP contribution in [-0.4, -0.2) is 42.2 Å². The van der Waals surface area contributed by atoms with Gasteiger partial charge in [0, 0.05) is 12.3 Å². The van der Waals surface area contributed by atoms with Crippen LogP contribution in [0.3, 0.4) is 0 Å². The van der Waals surface area contributed by atoms with Gasteiger partial charge in [-0.2, -0.15) is 0 Å². The number of alkyl halides is 1. The second kappa shape index (κ2) is 4.74. The number of amides is 1. The maximum absolute atomic E-state index is 11.8. The average Bonchev–Trinajstić information content (AvgIpc) is 2.52. The molecular weight excluding hydrogens is 280 g/mol. The van der Waals surface area contributed by atoms with Crippen molar-refractivity contribution in [2.75, 3.05) is 11.5 Å². The minimum absolute atomic E-state index is 0.134. The van der Waals surface area contributed by atoms with Crippen LogP contribution in [0.5, 0.6) is 0 Å². The fraction of sp³-hybridized carbons (Fsp3) is 0.400. The summed E-state index contributed by atoms with van der Waals surface area (Å²) in [5, 5.41) is 1.92. The summed E-state index contributed by atoms with van der Waals surface area (Å²) < 4.78 is 22.7. The number of carbonyl (C=O) groups is 1. The Morgan fingerprint density at radius 3 is 2.61 bits per heavy atom. The third kappa shape index (κ3) is 2.91. The van der Waals surface area contributed by atoms with Crippen LogP contribution in [0.4, 0.5) is 0 Å². The number of pyridine rings is 1. The summed E-state index contributed by atoms with van der Waals surface area (Å²) in [5.41, 5.74) is -0.0621. The molecule has 8 heteroatoms. The summed E-state index contributed by atoms with van der Waals surface area (Å²) in [6.07, 6.45) is 1.27. The number of nitrogens with one attached hydrogen (secondary N) is 2. The number of hydrogen-bond donors (Lipinski definition) is 2. The van der Waals surface area contributed by atoms with E-state index in [1.807, 2.05) is 0 Å². The van der Waals surface area contributed by atoms with E-state index in [4.69, 9.17) is 11.6 Å². The van der Waals surface area contributed by atoms with Crippen LogP contribution in [0.2, 0.25) is 0 Å². The number of H-pyrrole nitrogens is 1. The monoisotopic (exact) mass is 290 g/mol. The molecule has 2 rings (SSSR count). The second-order valence-corrected chi connectivity index (χ2v) is 6.83. The number of sulfone groups is 1. The van der Waals surface area contributed by atoms with E-state index in [-0.39, 0.29) is 22.6 Å². The van der Waals surface area contributed by atoms with E-state index in [0.29, 0.717) is 0 Å². The maximum Gasteiger partial charge on any atom is 0.253 e. The highest BCUT2D eigenvalue weighted by Crippen LogP contribution is 2.18. The lowest BCUT2D eigenvalue weighted by Crippen LogP contribution is -2.40. The fourth-order valence-corrected chi connectivity index (χ4v) is 4.29. The maximum atomic E-state index is 11.8. The zero-order valence-electron chi connectivity index (χ0n) is 9.22. The van der Waals surface area contributed by atoms with Gasteiger partial charge < -0.3 is 10.3 Å². The van der Waals surface area contributed by atoms with Crippen LogP contribution >= 0.6 is 11.6 Å². The van der Waals surface area contributed by atoms with Crippen LogP contribution in [0.1, 0.15) is 10.4 Å². The van der Waals surface area contributed by atoms with Gasteiger partial charge in [-0.1, -0.05) is 0 Å². The summed E-state index contributed by atoms with van der Waals surface area (Å²) in [4.78, 5) is 25.0. The lowest BCUT2D eigenvalue weighted by Gasteiger charge is -2.13. The molecule has 2 unspecified atom stereocenters. The van der Waals surface area contributed by atoms with Crippen LogP contribution in [0.25, 0.3) is 0 Å². The molecule has 2 atom stereocenters. The van der Waals surface area contributed by atoms with Gasteiger partial charge in [-0.15, -0.1) is 11.6 Å². The first-order valence-electron chi connectivity index (χ1n) is 5.21. The number of aromatic nitrogens is 1. The van der Waals surface area contributed by atoms with Crippen molar-refractivity contribution < 1.29 is 13.2 Å². The normalized spacial score (nSPS) is 25.8. The molecule has 1 saturated heterocycles. The summed E-state index contributed by atoms with van der Waals surface area (Å²) in [5.74, 6) is -0.750. The summed E-state index contributed by atoms with van der Waals surface area (Å²) in [6, 6.07) is 1.98. The molecule has 1 amide bonds. The van der Waals surface area contributed by atoms with Crippen molar-refractivity contribution in [2.45, 2.75) is 11.4 Å². The highest BCUT2D eigenvalue weighted by molar-refractivity contribution is 7.91. The van der Waals surface area contributed by atoms with E-state index in [1.54, 1.807) is 0 Å². The van der Waals surface area contributed by atoms with E-state index in [1.165, 1.54) is 18.3 Å². The first-order chi connectivity index (χ1) is 8.37. The van der Waals surface area contributed by atoms with Crippen LogP contribution < -0.4 is 10.9 Å². The van der Waals surface area contributed by atoms with E-state index >= 15 is 0 Å². The minimum Gasteiger partial charge on any atom is -0.347 e. The quantitative estimate of drug-likeness (QED) is 0.718. The van der Waals surface area contributed by atoms with Gasteiger partial charge in [0.1, 0.15) is 0 Å². The van der Waals surface area contributed by atoms with Gasteiger partial charge >= 0.3 is 0 Å². The lowest BCUT2D eigenvalue weighted by atomic mass is 10.2. The molecule has 0 aliphatic carbocycles. The molecule has 2 N–H and O–H groups in total. The van der Waals surface area contributed by atoms with E-state index in [2.05, 4.69) is 10.3 Å². The van der Waals surface area contributed by atoms with Crippen molar-refractivity contribution in [1.82, 2.24) is 10.3 Å². The van der Waals surface area contributed by atoms with E-state index < -0.39 is 27.2 Å². The largest absolute Gasteiger partial charge is 0.347 e. The SMILES string of the molecule is O=C(NC1CS(=O)(=O)CC1Cl)c1ccc(=O)[nH]c1. The molecule has 1 aromatic rings. The van der Waals surface area contributed by atoms with Crippen molar-refractivity contribution in [3.8, 4) is 0 Å². The summed E-state index contributed by atoms with van der Waals surface area (Å²) >= 11 is 5.87. The number of carbonyl (C=O) groups excluding carboxylic acids is 1. The van der Waals surface area contributed by atoms with Gasteiger partial charge in [-0.3, -0.25) is 9.59 Å². The molecule has 0 aromatic carbocycles. The van der Waals surface area contributed by atoms with Gasteiger partial charge in [-0.25, -0.2) is 8.42 Å². The topological polar surface area (TPSA) is 96.1 Å². The van der Waals surface area contributed by atoms with Gasteiger partial charge in [0.2, 0.25) is 5.56 Å². The van der Waals surface area contributed by atoms with Crippen LogP contribution in [0, 0.1) is 0 Å². The predicted molar refractivity (Wildman–Crippen MR) is 66.6 cm³/mol. The Morgan fingerprint density at radius 2 is 2.11 bits per heavy atom. The Morgan fingerprint density at radius 1 is 1.39 bits per heavy atom. The molecule has 1 aromatic heterocycles.